The first-order chi connectivity index (χ1) is 12.0. The number of fused-ring (bicyclic) bond motifs is 1. The molecule has 2 aromatic carbocycles. The number of aryl methyl sites for hydroxylation is 1. The lowest BCUT2D eigenvalue weighted by Gasteiger charge is -2.18. The zero-order valence-electron chi connectivity index (χ0n) is 14.2. The number of hydrogen-bond acceptors (Lipinski definition) is 5. The van der Waals surface area contributed by atoms with Crippen molar-refractivity contribution < 1.29 is 19.0 Å². The van der Waals surface area contributed by atoms with Gasteiger partial charge in [0.05, 0.1) is 12.8 Å². The van der Waals surface area contributed by atoms with Gasteiger partial charge in [-0.15, -0.1) is 0 Å². The molecule has 0 aromatic heterocycles. The largest absolute Gasteiger partial charge is 0.495 e. The molecule has 1 amide bonds. The normalized spacial score (nSPS) is 13.3. The van der Waals surface area contributed by atoms with Gasteiger partial charge in [0.1, 0.15) is 11.8 Å². The van der Waals surface area contributed by atoms with Crippen LogP contribution in [0.4, 0.5) is 11.4 Å². The van der Waals surface area contributed by atoms with Crippen LogP contribution >= 0.6 is 11.6 Å². The van der Waals surface area contributed by atoms with Gasteiger partial charge in [-0.1, -0.05) is 11.6 Å². The first-order valence-electron chi connectivity index (χ1n) is 7.79. The molecule has 7 heteroatoms. The van der Waals surface area contributed by atoms with Crippen molar-refractivity contribution in [1.29, 1.82) is 0 Å². The number of methoxy groups -OCH3 is 1. The van der Waals surface area contributed by atoms with E-state index in [4.69, 9.17) is 25.8 Å². The second-order valence-electron chi connectivity index (χ2n) is 5.72. The Kier molecular flexibility index (Phi) is 4.90. The Hall–Kier alpha value is -2.60. The minimum Gasteiger partial charge on any atom is -0.495 e. The first kappa shape index (κ1) is 17.2. The Balaban J connectivity index is 1.70. The maximum atomic E-state index is 12.5. The lowest BCUT2D eigenvalue weighted by atomic mass is 10.2. The second-order valence-corrected chi connectivity index (χ2v) is 6.13. The van der Waals surface area contributed by atoms with Crippen LogP contribution in [-0.4, -0.2) is 25.9 Å². The van der Waals surface area contributed by atoms with E-state index in [0.29, 0.717) is 33.6 Å². The van der Waals surface area contributed by atoms with Gasteiger partial charge >= 0.3 is 0 Å². The fourth-order valence-corrected chi connectivity index (χ4v) is 2.62. The van der Waals surface area contributed by atoms with Crippen molar-refractivity contribution in [3.05, 3.63) is 40.9 Å². The van der Waals surface area contributed by atoms with Crippen LogP contribution in [0.2, 0.25) is 5.02 Å². The average Bonchev–Trinajstić information content (AvgIpc) is 3.05. The van der Waals surface area contributed by atoms with E-state index in [1.165, 1.54) is 0 Å². The number of rotatable bonds is 5. The highest BCUT2D eigenvalue weighted by Crippen LogP contribution is 2.34. The third-order valence-corrected chi connectivity index (χ3v) is 4.29. The third-order valence-electron chi connectivity index (χ3n) is 3.89. The highest BCUT2D eigenvalue weighted by molar-refractivity contribution is 6.31. The van der Waals surface area contributed by atoms with Crippen LogP contribution in [0, 0.1) is 6.92 Å². The molecule has 1 aliphatic heterocycles. The summed E-state index contributed by atoms with van der Waals surface area (Å²) >= 11 is 6.11. The molecule has 0 radical (unpaired) electrons. The number of nitrogens with one attached hydrogen (secondary N) is 2. The van der Waals surface area contributed by atoms with Crippen LogP contribution < -0.4 is 24.8 Å². The lowest BCUT2D eigenvalue weighted by Crippen LogP contribution is -2.32. The molecule has 0 aliphatic carbocycles. The molecule has 0 spiro atoms. The van der Waals surface area contributed by atoms with Crippen molar-refractivity contribution in [2.45, 2.75) is 19.9 Å². The maximum Gasteiger partial charge on any atom is 0.246 e. The first-order valence-corrected chi connectivity index (χ1v) is 8.17. The van der Waals surface area contributed by atoms with Crippen LogP contribution in [0.3, 0.4) is 0 Å². The van der Waals surface area contributed by atoms with Gasteiger partial charge in [0.2, 0.25) is 12.7 Å². The van der Waals surface area contributed by atoms with Crippen LogP contribution in [0.5, 0.6) is 17.2 Å². The summed E-state index contributed by atoms with van der Waals surface area (Å²) in [6.45, 7) is 3.86. The summed E-state index contributed by atoms with van der Waals surface area (Å²) in [5.41, 5.74) is 2.24. The predicted molar refractivity (Wildman–Crippen MR) is 97.0 cm³/mol. The van der Waals surface area contributed by atoms with E-state index in [1.807, 2.05) is 13.0 Å². The molecule has 6 nitrogen and oxygen atoms in total. The number of halogens is 1. The maximum absolute atomic E-state index is 12.5. The molecular formula is C18H19ClN2O4. The monoisotopic (exact) mass is 362 g/mol. The number of carbonyl (C=O) groups excluding carboxylic acids is 1. The molecular weight excluding hydrogens is 344 g/mol. The van der Waals surface area contributed by atoms with E-state index in [-0.39, 0.29) is 12.7 Å². The summed E-state index contributed by atoms with van der Waals surface area (Å²) in [5.74, 6) is 1.69. The SMILES string of the molecule is COc1cc(Cl)c(C)cc1NC(C)C(=O)Nc1ccc2c(c1)OCO2. The van der Waals surface area contributed by atoms with Crippen LogP contribution in [-0.2, 0) is 4.79 Å². The van der Waals surface area contributed by atoms with E-state index in [2.05, 4.69) is 10.6 Å². The molecule has 0 saturated heterocycles. The van der Waals surface area contributed by atoms with Gasteiger partial charge in [-0.3, -0.25) is 4.79 Å². The molecule has 1 unspecified atom stereocenters. The lowest BCUT2D eigenvalue weighted by molar-refractivity contribution is -0.116. The van der Waals surface area contributed by atoms with Crippen molar-refractivity contribution in [2.75, 3.05) is 24.5 Å². The third kappa shape index (κ3) is 3.74. The molecule has 2 N–H and O–H groups in total. The van der Waals surface area contributed by atoms with Crippen LogP contribution in [0.1, 0.15) is 12.5 Å². The number of ether oxygens (including phenoxy) is 3. The topological polar surface area (TPSA) is 68.8 Å². The molecule has 25 heavy (non-hydrogen) atoms. The van der Waals surface area contributed by atoms with Gasteiger partial charge in [0, 0.05) is 22.8 Å². The summed E-state index contributed by atoms with van der Waals surface area (Å²) in [6.07, 6.45) is 0. The van der Waals surface area contributed by atoms with Gasteiger partial charge in [-0.25, -0.2) is 0 Å². The van der Waals surface area contributed by atoms with E-state index in [1.54, 1.807) is 38.3 Å². The Bertz CT molecular complexity index is 810. The summed E-state index contributed by atoms with van der Waals surface area (Å²) in [4.78, 5) is 12.5. The summed E-state index contributed by atoms with van der Waals surface area (Å²) in [7, 11) is 1.56. The summed E-state index contributed by atoms with van der Waals surface area (Å²) in [5, 5.41) is 6.61. The molecule has 0 saturated carbocycles. The second kappa shape index (κ2) is 7.11. The zero-order chi connectivity index (χ0) is 18.0. The van der Waals surface area contributed by atoms with Gasteiger partial charge < -0.3 is 24.8 Å². The standard InChI is InChI=1S/C18H19ClN2O4/c1-10-6-14(16(23-3)8-13(10)19)20-11(2)18(22)21-12-4-5-15-17(7-12)25-9-24-15/h4-8,11,20H,9H2,1-3H3,(H,21,22). The molecule has 1 heterocycles. The number of hydrogen-bond donors (Lipinski definition) is 2. The van der Waals surface area contributed by atoms with E-state index < -0.39 is 6.04 Å². The zero-order valence-corrected chi connectivity index (χ0v) is 14.9. The van der Waals surface area contributed by atoms with Crippen LogP contribution in [0.15, 0.2) is 30.3 Å². The smallest absolute Gasteiger partial charge is 0.246 e. The van der Waals surface area contributed by atoms with Crippen molar-refractivity contribution in [2.24, 2.45) is 0 Å². The number of carbonyl (C=O) groups is 1. The summed E-state index contributed by atoms with van der Waals surface area (Å²) < 4.78 is 15.9. The molecule has 132 valence electrons. The predicted octanol–water partition coefficient (Wildman–Crippen LogP) is 3.82. The fraction of sp³-hybridized carbons (Fsp3) is 0.278. The molecule has 0 fully saturated rings. The highest BCUT2D eigenvalue weighted by Gasteiger charge is 2.18. The number of amides is 1. The van der Waals surface area contributed by atoms with Gasteiger partial charge in [-0.05, 0) is 37.6 Å². The fourth-order valence-electron chi connectivity index (χ4n) is 2.47. The molecule has 1 atom stereocenters. The Morgan fingerprint density at radius 2 is 2.00 bits per heavy atom. The van der Waals surface area contributed by atoms with Crippen molar-refractivity contribution in [3.63, 3.8) is 0 Å². The molecule has 0 bridgehead atoms. The van der Waals surface area contributed by atoms with Crippen molar-refractivity contribution in [1.82, 2.24) is 0 Å². The highest BCUT2D eigenvalue weighted by atomic mass is 35.5. The van der Waals surface area contributed by atoms with E-state index in [9.17, 15) is 4.79 Å². The number of benzene rings is 2. The molecule has 2 aromatic rings. The van der Waals surface area contributed by atoms with Gasteiger partial charge in [0.25, 0.3) is 0 Å². The molecule has 3 rings (SSSR count). The minimum absolute atomic E-state index is 0.187. The summed E-state index contributed by atoms with van der Waals surface area (Å²) in [6, 6.07) is 8.36. The van der Waals surface area contributed by atoms with Crippen molar-refractivity contribution >= 4 is 28.9 Å². The van der Waals surface area contributed by atoms with Crippen molar-refractivity contribution in [3.8, 4) is 17.2 Å². The Morgan fingerprint density at radius 3 is 2.76 bits per heavy atom. The Morgan fingerprint density at radius 1 is 1.24 bits per heavy atom. The average molecular weight is 363 g/mol. The van der Waals surface area contributed by atoms with E-state index in [0.717, 1.165) is 5.56 Å². The van der Waals surface area contributed by atoms with E-state index >= 15 is 0 Å². The quantitative estimate of drug-likeness (QED) is 0.846. The minimum atomic E-state index is -0.486. The van der Waals surface area contributed by atoms with Gasteiger partial charge in [-0.2, -0.15) is 0 Å². The molecule has 1 aliphatic rings. The Labute approximate surface area is 151 Å². The number of anilines is 2. The van der Waals surface area contributed by atoms with Crippen LogP contribution in [0.25, 0.3) is 0 Å². The van der Waals surface area contributed by atoms with Gasteiger partial charge in [0.15, 0.2) is 11.5 Å².